The summed E-state index contributed by atoms with van der Waals surface area (Å²) in [5.41, 5.74) is 1.38. The van der Waals surface area contributed by atoms with Crippen molar-refractivity contribution in [3.05, 3.63) is 95.4 Å². The van der Waals surface area contributed by atoms with Crippen LogP contribution in [-0.4, -0.2) is 27.1 Å². The maximum absolute atomic E-state index is 13.8. The predicted molar refractivity (Wildman–Crippen MR) is 137 cm³/mol. The molecule has 4 aromatic rings. The first-order valence-electron chi connectivity index (χ1n) is 11.8. The molecule has 0 saturated carbocycles. The van der Waals surface area contributed by atoms with Gasteiger partial charge in [0.05, 0.1) is 33.0 Å². The van der Waals surface area contributed by atoms with Gasteiger partial charge in [0, 0.05) is 16.9 Å². The van der Waals surface area contributed by atoms with E-state index < -0.39 is 33.5 Å². The van der Waals surface area contributed by atoms with E-state index in [-0.39, 0.29) is 18.9 Å². The molecule has 2 atom stereocenters. The van der Waals surface area contributed by atoms with E-state index in [4.69, 9.17) is 9.15 Å². The molecule has 0 spiro atoms. The molecule has 0 N–H and O–H groups in total. The second kappa shape index (κ2) is 9.81. The van der Waals surface area contributed by atoms with E-state index in [1.807, 2.05) is 0 Å². The maximum atomic E-state index is 13.8. The molecule has 39 heavy (non-hydrogen) atoms. The number of para-hydroxylation sites is 1. The Balaban J connectivity index is 1.30. The lowest BCUT2D eigenvalue weighted by atomic mass is 10.1. The molecule has 0 bridgehead atoms. The van der Waals surface area contributed by atoms with Gasteiger partial charge in [0.15, 0.2) is 0 Å². The Morgan fingerprint density at radius 3 is 2.44 bits per heavy atom. The van der Waals surface area contributed by atoms with Gasteiger partial charge in [0.1, 0.15) is 23.8 Å². The van der Waals surface area contributed by atoms with Crippen molar-refractivity contribution in [1.82, 2.24) is 4.98 Å². The van der Waals surface area contributed by atoms with E-state index in [1.165, 1.54) is 16.4 Å². The first kappa shape index (κ1) is 26.4. The molecule has 5 rings (SSSR count). The minimum Gasteiger partial charge on any atom is -0.548 e. The number of nitrogens with zero attached hydrogens (tertiary/aromatic N) is 2. The summed E-state index contributed by atoms with van der Waals surface area (Å²) in [5, 5.41) is 11.8. The van der Waals surface area contributed by atoms with Crippen molar-refractivity contribution in [2.45, 2.75) is 37.1 Å². The number of carboxylic acid groups (broad SMARTS) is 1. The predicted octanol–water partition coefficient (Wildman–Crippen LogP) is 4.42. The van der Waals surface area contributed by atoms with Crippen molar-refractivity contribution in [2.75, 3.05) is 4.31 Å². The van der Waals surface area contributed by atoms with E-state index in [0.29, 0.717) is 33.4 Å². The highest BCUT2D eigenvalue weighted by Gasteiger charge is 2.36. The van der Waals surface area contributed by atoms with Gasteiger partial charge in [0.2, 0.25) is 5.89 Å². The largest absolute Gasteiger partial charge is 0.548 e. The Morgan fingerprint density at radius 2 is 1.79 bits per heavy atom. The topological polar surface area (TPSA) is 95.7 Å². The lowest BCUT2D eigenvalue weighted by Crippen LogP contribution is -2.49. The number of fused-ring (bicyclic) bond motifs is 1. The van der Waals surface area contributed by atoms with Crippen LogP contribution in [0.2, 0.25) is 0 Å². The molecule has 1 aliphatic heterocycles. The number of halogens is 3. The fourth-order valence-electron chi connectivity index (χ4n) is 4.40. The fraction of sp³-hybridized carbons (Fsp3) is 0.179. The zero-order valence-electron chi connectivity index (χ0n) is 20.6. The third-order valence-electron chi connectivity index (χ3n) is 6.43. The number of rotatable bonds is 7. The quantitative estimate of drug-likeness (QED) is 0.314. The number of aliphatic carboxylic acids is 1. The fourth-order valence-corrected chi connectivity index (χ4v) is 6.26. The third kappa shape index (κ3) is 5.09. The molecule has 11 heteroatoms. The van der Waals surface area contributed by atoms with Crippen LogP contribution in [0.25, 0.3) is 11.5 Å². The number of benzene rings is 3. The van der Waals surface area contributed by atoms with Crippen molar-refractivity contribution in [2.24, 2.45) is 0 Å². The molecular weight excluding hydrogens is 533 g/mol. The minimum absolute atomic E-state index is 0.0152. The summed E-state index contributed by atoms with van der Waals surface area (Å²) in [5.74, 6) is 3.58. The number of ether oxygens (including phenoxy) is 1. The third-order valence-corrected chi connectivity index (χ3v) is 8.53. The van der Waals surface area contributed by atoms with Gasteiger partial charge < -0.3 is 19.1 Å². The number of anilines is 1. The number of oxazole rings is 1. The zero-order chi connectivity index (χ0) is 27.9. The lowest BCUT2D eigenvalue weighted by molar-refractivity contribution is -0.307. The summed E-state index contributed by atoms with van der Waals surface area (Å²) >= 11 is 0. The van der Waals surface area contributed by atoms with E-state index in [1.54, 1.807) is 55.5 Å². The first-order chi connectivity index (χ1) is 18.4. The molecule has 1 unspecified atom stereocenters. The van der Waals surface area contributed by atoms with Crippen LogP contribution in [0.15, 0.2) is 82.1 Å². The Labute approximate surface area is 222 Å². The second-order valence-electron chi connectivity index (χ2n) is 8.99. The summed E-state index contributed by atoms with van der Waals surface area (Å²) < 4.78 is 65.0. The molecule has 0 amide bonds. The van der Waals surface area contributed by atoms with Gasteiger partial charge in [-0.2, -0.15) is 13.2 Å². The Bertz CT molecular complexity index is 1630. The van der Waals surface area contributed by atoms with Crippen molar-refractivity contribution in [3.8, 4) is 17.2 Å². The average Bonchev–Trinajstić information content (AvgIpc) is 3.48. The molecule has 0 radical (unpaired) electrons. The van der Waals surface area contributed by atoms with Gasteiger partial charge in [0.25, 0.3) is 0 Å². The highest BCUT2D eigenvalue weighted by Crippen LogP contribution is 2.37. The normalized spacial score (nSPS) is 16.5. The van der Waals surface area contributed by atoms with Crippen molar-refractivity contribution < 1.29 is 36.4 Å². The van der Waals surface area contributed by atoms with Gasteiger partial charge >= 0.3 is 6.18 Å². The first-order valence-corrected chi connectivity index (χ1v) is 13.5. The van der Waals surface area contributed by atoms with E-state index in [2.05, 4.69) is 10.9 Å². The van der Waals surface area contributed by atoms with E-state index >= 15 is 0 Å². The van der Waals surface area contributed by atoms with Crippen molar-refractivity contribution >= 4 is 27.2 Å². The molecule has 0 saturated heterocycles. The number of hydrogen-bond acceptors (Lipinski definition) is 6. The molecule has 1 aromatic heterocycles. The summed E-state index contributed by atoms with van der Waals surface area (Å²) in [6, 6.07) is 16.7. The molecule has 0 fully saturated rings. The number of hydrogen-bond donors (Lipinski definition) is 0. The van der Waals surface area contributed by atoms with Gasteiger partial charge in [-0.1, -0.05) is 18.2 Å². The maximum Gasteiger partial charge on any atom is 0.416 e. The molecule has 7 nitrogen and oxygen atoms in total. The van der Waals surface area contributed by atoms with Crippen molar-refractivity contribution in [3.63, 3.8) is 0 Å². The van der Waals surface area contributed by atoms with Gasteiger partial charge in [-0.05, 0) is 73.0 Å². The van der Waals surface area contributed by atoms with Crippen LogP contribution in [0.3, 0.4) is 0 Å². The number of carbonyl (C=O) groups excluding carboxylic acids is 1. The molecule has 1 aliphatic rings. The standard InChI is InChI=1S/C28H23F3N2O5S/c1-17-23(32-26(38-17)18-7-9-20(10-8-18)28(29,30)31)16-37-21-11-13-22(14-12-21)39(2,36)33-24-6-4-3-5-19(24)15-25(33)27(34)35/h3-14,25H,2,15-16H2,1H3,(H,34,35)/p-1/t25-,39?/m0/s1. The minimum atomic E-state index is -4.44. The average molecular weight is 556 g/mol. The van der Waals surface area contributed by atoms with E-state index in [9.17, 15) is 27.3 Å². The lowest BCUT2D eigenvalue weighted by Gasteiger charge is -2.31. The van der Waals surface area contributed by atoms with Crippen LogP contribution in [0.4, 0.5) is 18.9 Å². The van der Waals surface area contributed by atoms with Crippen LogP contribution >= 0.6 is 0 Å². The number of carboxylic acids is 1. The molecule has 202 valence electrons. The number of carbonyl (C=O) groups is 1. The zero-order valence-corrected chi connectivity index (χ0v) is 21.4. The van der Waals surface area contributed by atoms with E-state index in [0.717, 1.165) is 17.7 Å². The van der Waals surface area contributed by atoms with Crippen molar-refractivity contribution in [1.29, 1.82) is 0 Å². The van der Waals surface area contributed by atoms with Crippen LogP contribution < -0.4 is 14.1 Å². The Morgan fingerprint density at radius 1 is 1.13 bits per heavy atom. The van der Waals surface area contributed by atoms with Crippen LogP contribution in [0, 0.1) is 6.92 Å². The van der Waals surface area contributed by atoms with Crippen LogP contribution in [0.5, 0.6) is 5.75 Å². The molecule has 3 aromatic carbocycles. The van der Waals surface area contributed by atoms with Crippen LogP contribution in [-0.2, 0) is 33.7 Å². The SMILES string of the molecule is C=S(=O)(c1ccc(OCc2nc(-c3ccc(C(F)(F)F)cc3)oc2C)cc1)N1c2ccccc2C[C@H]1C(=O)[O-]. The molecular formula is C28H22F3N2O5S-. The van der Waals surface area contributed by atoms with Crippen LogP contribution in [0.1, 0.15) is 22.6 Å². The summed E-state index contributed by atoms with van der Waals surface area (Å²) in [7, 11) is -3.22. The van der Waals surface area contributed by atoms with Gasteiger partial charge in [-0.25, -0.2) is 9.19 Å². The highest BCUT2D eigenvalue weighted by molar-refractivity contribution is 8.01. The summed E-state index contributed by atoms with van der Waals surface area (Å²) in [6.45, 7) is 1.68. The highest BCUT2D eigenvalue weighted by atomic mass is 32.2. The molecule has 2 heterocycles. The Kier molecular flexibility index (Phi) is 6.63. The number of aryl methyl sites for hydroxylation is 1. The summed E-state index contributed by atoms with van der Waals surface area (Å²) in [6.07, 6.45) is -4.27. The second-order valence-corrected chi connectivity index (χ2v) is 11.1. The summed E-state index contributed by atoms with van der Waals surface area (Å²) in [4.78, 5) is 16.5. The molecule has 0 aliphatic carbocycles. The monoisotopic (exact) mass is 555 g/mol. The Hall–Kier alpha value is -4.25. The number of aromatic nitrogens is 1. The van der Waals surface area contributed by atoms with Gasteiger partial charge in [-0.15, -0.1) is 0 Å². The number of alkyl halides is 3. The van der Waals surface area contributed by atoms with Gasteiger partial charge in [-0.3, -0.25) is 4.31 Å². The smallest absolute Gasteiger partial charge is 0.416 e.